The summed E-state index contributed by atoms with van der Waals surface area (Å²) in [7, 11) is 0. The Hall–Kier alpha value is -1.14. The molecular formula is C19H28N4OS. The predicted octanol–water partition coefficient (Wildman–Crippen LogP) is 3.27. The van der Waals surface area contributed by atoms with Gasteiger partial charge in [-0.05, 0) is 81.3 Å². The van der Waals surface area contributed by atoms with Crippen LogP contribution < -0.4 is 10.6 Å². The van der Waals surface area contributed by atoms with Gasteiger partial charge in [0.2, 0.25) is 0 Å². The van der Waals surface area contributed by atoms with Gasteiger partial charge in [-0.3, -0.25) is 4.68 Å². The monoisotopic (exact) mass is 360 g/mol. The molecule has 5 aliphatic rings. The van der Waals surface area contributed by atoms with E-state index in [1.54, 1.807) is 0 Å². The Morgan fingerprint density at radius 3 is 2.60 bits per heavy atom. The fourth-order valence-corrected chi connectivity index (χ4v) is 6.36. The molecule has 5 nitrogen and oxygen atoms in total. The zero-order valence-electron chi connectivity index (χ0n) is 14.7. The molecule has 1 atom stereocenters. The molecule has 0 spiro atoms. The van der Waals surface area contributed by atoms with Crippen molar-refractivity contribution in [1.29, 1.82) is 0 Å². The maximum absolute atomic E-state index is 5.63. The van der Waals surface area contributed by atoms with Gasteiger partial charge in [0.15, 0.2) is 10.9 Å². The highest BCUT2D eigenvalue weighted by Gasteiger charge is 2.52. The highest BCUT2D eigenvalue weighted by atomic mass is 32.1. The number of rotatable bonds is 4. The molecule has 4 aliphatic carbocycles. The van der Waals surface area contributed by atoms with Crippen molar-refractivity contribution in [2.45, 2.75) is 63.0 Å². The SMILES string of the molecule is S=C(NC[C@@H]1CCCO1)Nc1ccn(C23CC4CC(CC(C4)C2)C3)n1. The first-order chi connectivity index (χ1) is 12.2. The average molecular weight is 361 g/mol. The average Bonchev–Trinajstić information content (AvgIpc) is 3.23. The van der Waals surface area contributed by atoms with Crippen molar-refractivity contribution in [2.75, 3.05) is 18.5 Å². The van der Waals surface area contributed by atoms with E-state index in [9.17, 15) is 0 Å². The van der Waals surface area contributed by atoms with Crippen molar-refractivity contribution in [3.05, 3.63) is 12.3 Å². The van der Waals surface area contributed by atoms with E-state index in [1.807, 2.05) is 0 Å². The zero-order valence-corrected chi connectivity index (χ0v) is 15.6. The first kappa shape index (κ1) is 16.1. The quantitative estimate of drug-likeness (QED) is 0.807. The summed E-state index contributed by atoms with van der Waals surface area (Å²) in [5, 5.41) is 12.0. The van der Waals surface area contributed by atoms with E-state index in [2.05, 4.69) is 27.6 Å². The van der Waals surface area contributed by atoms with Crippen LogP contribution in [0.3, 0.4) is 0 Å². The largest absolute Gasteiger partial charge is 0.376 e. The number of hydrogen-bond donors (Lipinski definition) is 2. The summed E-state index contributed by atoms with van der Waals surface area (Å²) in [6.07, 6.45) is 13.1. The molecule has 2 N–H and O–H groups in total. The van der Waals surface area contributed by atoms with Gasteiger partial charge in [-0.1, -0.05) is 0 Å². The molecule has 2 heterocycles. The van der Waals surface area contributed by atoms with Crippen LogP contribution in [0, 0.1) is 17.8 Å². The number of nitrogens with zero attached hydrogens (tertiary/aromatic N) is 2. The zero-order chi connectivity index (χ0) is 16.9. The molecule has 0 unspecified atom stereocenters. The van der Waals surface area contributed by atoms with Crippen molar-refractivity contribution in [3.63, 3.8) is 0 Å². The van der Waals surface area contributed by atoms with Gasteiger partial charge >= 0.3 is 0 Å². The second kappa shape index (κ2) is 6.23. The Kier molecular flexibility index (Phi) is 4.01. The molecular weight excluding hydrogens is 332 g/mol. The third-order valence-electron chi connectivity index (χ3n) is 6.84. The lowest BCUT2D eigenvalue weighted by Crippen LogP contribution is -2.52. The number of nitrogens with one attached hydrogen (secondary N) is 2. The van der Waals surface area contributed by atoms with E-state index in [-0.39, 0.29) is 5.54 Å². The number of ether oxygens (including phenoxy) is 1. The Bertz CT molecular complexity index is 616. The molecule has 1 aliphatic heterocycles. The fourth-order valence-electron chi connectivity index (χ4n) is 6.17. The summed E-state index contributed by atoms with van der Waals surface area (Å²) in [5.74, 6) is 3.66. The number of aromatic nitrogens is 2. The van der Waals surface area contributed by atoms with Gasteiger partial charge in [0.05, 0.1) is 11.6 Å². The van der Waals surface area contributed by atoms with Gasteiger partial charge in [0, 0.05) is 25.4 Å². The van der Waals surface area contributed by atoms with Crippen LogP contribution in [0.1, 0.15) is 51.4 Å². The number of anilines is 1. The molecule has 5 fully saturated rings. The van der Waals surface area contributed by atoms with Crippen molar-refractivity contribution >= 4 is 23.1 Å². The predicted molar refractivity (Wildman–Crippen MR) is 102 cm³/mol. The van der Waals surface area contributed by atoms with E-state index >= 15 is 0 Å². The molecule has 0 radical (unpaired) electrons. The fraction of sp³-hybridized carbons (Fsp3) is 0.789. The van der Waals surface area contributed by atoms with Gasteiger partial charge < -0.3 is 15.4 Å². The second-order valence-electron chi connectivity index (χ2n) is 8.76. The van der Waals surface area contributed by atoms with E-state index in [4.69, 9.17) is 22.1 Å². The normalized spacial score (nSPS) is 38.9. The minimum Gasteiger partial charge on any atom is -0.376 e. The van der Waals surface area contributed by atoms with Gasteiger partial charge in [0.1, 0.15) is 0 Å². The minimum absolute atomic E-state index is 0.279. The molecule has 1 aromatic heterocycles. The van der Waals surface area contributed by atoms with E-state index in [0.717, 1.165) is 49.6 Å². The van der Waals surface area contributed by atoms with Gasteiger partial charge in [-0.15, -0.1) is 0 Å². The minimum atomic E-state index is 0.279. The van der Waals surface area contributed by atoms with Crippen molar-refractivity contribution in [2.24, 2.45) is 17.8 Å². The molecule has 1 saturated heterocycles. The summed E-state index contributed by atoms with van der Waals surface area (Å²) in [6.45, 7) is 1.66. The van der Waals surface area contributed by atoms with Crippen LogP contribution >= 0.6 is 12.2 Å². The summed E-state index contributed by atoms with van der Waals surface area (Å²) < 4.78 is 7.89. The Morgan fingerprint density at radius 1 is 1.24 bits per heavy atom. The van der Waals surface area contributed by atoms with E-state index in [1.165, 1.54) is 38.5 Å². The highest BCUT2D eigenvalue weighted by molar-refractivity contribution is 7.80. The summed E-state index contributed by atoms with van der Waals surface area (Å²) in [5.41, 5.74) is 0.279. The Morgan fingerprint density at radius 2 is 1.96 bits per heavy atom. The molecule has 0 aromatic carbocycles. The molecule has 4 saturated carbocycles. The van der Waals surface area contributed by atoms with Gasteiger partial charge in [-0.2, -0.15) is 5.10 Å². The Balaban J connectivity index is 1.22. The molecule has 0 amide bonds. The molecule has 1 aromatic rings. The standard InChI is InChI=1S/C19H28N4OS/c25-18(20-12-16-2-1-5-24-16)21-17-3-4-23(22-17)19-9-13-6-14(10-19)8-15(7-13)11-19/h3-4,13-16H,1-2,5-12H2,(H2,20,21,22,25)/t13?,14?,15?,16-,19?/m0/s1. The van der Waals surface area contributed by atoms with Crippen molar-refractivity contribution in [1.82, 2.24) is 15.1 Å². The second-order valence-corrected chi connectivity index (χ2v) is 9.17. The van der Waals surface area contributed by atoms with Gasteiger partial charge in [0.25, 0.3) is 0 Å². The summed E-state index contributed by atoms with van der Waals surface area (Å²) >= 11 is 5.42. The molecule has 6 heteroatoms. The molecule has 6 rings (SSSR count). The number of thiocarbonyl (C=S) groups is 1. The van der Waals surface area contributed by atoms with Crippen molar-refractivity contribution in [3.8, 4) is 0 Å². The summed E-state index contributed by atoms with van der Waals surface area (Å²) in [4.78, 5) is 0. The van der Waals surface area contributed by atoms with Crippen LogP contribution in [0.15, 0.2) is 12.3 Å². The van der Waals surface area contributed by atoms with Crippen LogP contribution in [-0.2, 0) is 10.3 Å². The Labute approximate surface area is 154 Å². The van der Waals surface area contributed by atoms with Crippen LogP contribution in [0.2, 0.25) is 0 Å². The third kappa shape index (κ3) is 3.08. The number of hydrogen-bond acceptors (Lipinski definition) is 3. The first-order valence-electron chi connectivity index (χ1n) is 9.91. The topological polar surface area (TPSA) is 51.1 Å². The smallest absolute Gasteiger partial charge is 0.172 e. The van der Waals surface area contributed by atoms with Crippen LogP contribution in [0.25, 0.3) is 0 Å². The lowest BCUT2D eigenvalue weighted by Gasteiger charge is -2.56. The van der Waals surface area contributed by atoms with Gasteiger partial charge in [-0.25, -0.2) is 0 Å². The van der Waals surface area contributed by atoms with Crippen LogP contribution in [-0.4, -0.2) is 34.1 Å². The third-order valence-corrected chi connectivity index (χ3v) is 7.08. The summed E-state index contributed by atoms with van der Waals surface area (Å²) in [6, 6.07) is 2.07. The first-order valence-corrected chi connectivity index (χ1v) is 10.3. The molecule has 25 heavy (non-hydrogen) atoms. The van der Waals surface area contributed by atoms with Crippen molar-refractivity contribution < 1.29 is 4.74 Å². The highest BCUT2D eigenvalue weighted by Crippen LogP contribution is 2.58. The van der Waals surface area contributed by atoms with Crippen LogP contribution in [0.5, 0.6) is 0 Å². The molecule has 136 valence electrons. The maximum Gasteiger partial charge on any atom is 0.172 e. The lowest BCUT2D eigenvalue weighted by atomic mass is 9.53. The lowest BCUT2D eigenvalue weighted by molar-refractivity contribution is -0.0492. The van der Waals surface area contributed by atoms with Crippen LogP contribution in [0.4, 0.5) is 5.82 Å². The maximum atomic E-state index is 5.63. The molecule has 4 bridgehead atoms. The van der Waals surface area contributed by atoms with E-state index in [0.29, 0.717) is 11.2 Å². The van der Waals surface area contributed by atoms with E-state index < -0.39 is 0 Å².